The van der Waals surface area contributed by atoms with Gasteiger partial charge in [0.25, 0.3) is 0 Å². The molecule has 2 atom stereocenters. The van der Waals surface area contributed by atoms with Crippen LogP contribution in [0.1, 0.15) is 18.9 Å². The predicted octanol–water partition coefficient (Wildman–Crippen LogP) is 1.06. The van der Waals surface area contributed by atoms with Crippen molar-refractivity contribution in [1.82, 2.24) is 10.6 Å². The molecule has 0 saturated heterocycles. The summed E-state index contributed by atoms with van der Waals surface area (Å²) in [4.78, 5) is 35.1. The van der Waals surface area contributed by atoms with Gasteiger partial charge in [-0.15, -0.1) is 0 Å². The standard InChI is InChI=1S/C16H22N2O4S/c1-11(16(21)22)17-15(20)13(8-9-23-2)18-14(19)10-12-6-4-3-5-7-12/h3-7,11,13H,8-10H2,1-2H3,(H,17,20)(H,18,19)(H,21,22). The molecule has 1 aromatic carbocycles. The van der Waals surface area contributed by atoms with Crippen LogP contribution in [0.2, 0.25) is 0 Å². The molecule has 0 saturated carbocycles. The summed E-state index contributed by atoms with van der Waals surface area (Å²) in [6.45, 7) is 1.39. The Balaban J connectivity index is 2.64. The number of carboxylic acid groups (broad SMARTS) is 1. The van der Waals surface area contributed by atoms with Crippen molar-refractivity contribution in [2.24, 2.45) is 0 Å². The van der Waals surface area contributed by atoms with Crippen molar-refractivity contribution in [3.63, 3.8) is 0 Å². The van der Waals surface area contributed by atoms with E-state index in [-0.39, 0.29) is 12.3 Å². The van der Waals surface area contributed by atoms with Crippen molar-refractivity contribution >= 4 is 29.5 Å². The normalized spacial score (nSPS) is 13.0. The van der Waals surface area contributed by atoms with Crippen LogP contribution >= 0.6 is 11.8 Å². The van der Waals surface area contributed by atoms with Gasteiger partial charge in [0, 0.05) is 0 Å². The van der Waals surface area contributed by atoms with E-state index in [0.717, 1.165) is 5.56 Å². The molecular weight excluding hydrogens is 316 g/mol. The molecule has 2 amide bonds. The third-order valence-electron chi connectivity index (χ3n) is 3.20. The number of carbonyl (C=O) groups is 3. The molecule has 0 bridgehead atoms. The van der Waals surface area contributed by atoms with Crippen molar-refractivity contribution in [3.05, 3.63) is 35.9 Å². The molecule has 0 aromatic heterocycles. The lowest BCUT2D eigenvalue weighted by atomic mass is 10.1. The minimum absolute atomic E-state index is 0.179. The van der Waals surface area contributed by atoms with Gasteiger partial charge in [-0.1, -0.05) is 30.3 Å². The Morgan fingerprint density at radius 2 is 1.83 bits per heavy atom. The molecule has 0 heterocycles. The largest absolute Gasteiger partial charge is 0.480 e. The Morgan fingerprint density at radius 1 is 1.17 bits per heavy atom. The first kappa shape index (κ1) is 19.0. The maximum Gasteiger partial charge on any atom is 0.325 e. The van der Waals surface area contributed by atoms with E-state index in [1.54, 1.807) is 11.8 Å². The van der Waals surface area contributed by atoms with Crippen LogP contribution in [0, 0.1) is 0 Å². The highest BCUT2D eigenvalue weighted by Crippen LogP contribution is 2.04. The summed E-state index contributed by atoms with van der Waals surface area (Å²) >= 11 is 1.56. The highest BCUT2D eigenvalue weighted by molar-refractivity contribution is 7.98. The van der Waals surface area contributed by atoms with Crippen molar-refractivity contribution in [1.29, 1.82) is 0 Å². The summed E-state index contributed by atoms with van der Waals surface area (Å²) < 4.78 is 0. The van der Waals surface area contributed by atoms with Crippen LogP contribution in [0.5, 0.6) is 0 Å². The number of carboxylic acids is 1. The molecular formula is C16H22N2O4S. The first-order chi connectivity index (χ1) is 10.9. The van der Waals surface area contributed by atoms with Gasteiger partial charge in [-0.25, -0.2) is 0 Å². The number of carbonyl (C=O) groups excluding carboxylic acids is 2. The van der Waals surface area contributed by atoms with Crippen LogP contribution in [0.3, 0.4) is 0 Å². The van der Waals surface area contributed by atoms with E-state index in [9.17, 15) is 14.4 Å². The fourth-order valence-corrected chi connectivity index (χ4v) is 2.38. The fraction of sp³-hybridized carbons (Fsp3) is 0.438. The second kappa shape index (κ2) is 9.89. The van der Waals surface area contributed by atoms with Crippen molar-refractivity contribution in [3.8, 4) is 0 Å². The second-order valence-corrected chi connectivity index (χ2v) is 6.12. The highest BCUT2D eigenvalue weighted by Gasteiger charge is 2.23. The van der Waals surface area contributed by atoms with Gasteiger partial charge in [0.1, 0.15) is 12.1 Å². The van der Waals surface area contributed by atoms with Gasteiger partial charge in [-0.3, -0.25) is 14.4 Å². The lowest BCUT2D eigenvalue weighted by Crippen LogP contribution is -2.51. The minimum Gasteiger partial charge on any atom is -0.480 e. The summed E-state index contributed by atoms with van der Waals surface area (Å²) in [6.07, 6.45) is 2.53. The Kier molecular flexibility index (Phi) is 8.18. The molecule has 0 spiro atoms. The highest BCUT2D eigenvalue weighted by atomic mass is 32.2. The van der Waals surface area contributed by atoms with Crippen LogP contribution in [0.15, 0.2) is 30.3 Å². The number of thioether (sulfide) groups is 1. The van der Waals surface area contributed by atoms with Gasteiger partial charge in [0.05, 0.1) is 6.42 Å². The van der Waals surface area contributed by atoms with E-state index < -0.39 is 24.0 Å². The molecule has 23 heavy (non-hydrogen) atoms. The van der Waals surface area contributed by atoms with Crippen LogP contribution in [0.25, 0.3) is 0 Å². The SMILES string of the molecule is CSCCC(NC(=O)Cc1ccccc1)C(=O)NC(C)C(=O)O. The predicted molar refractivity (Wildman–Crippen MR) is 90.3 cm³/mol. The first-order valence-corrected chi connectivity index (χ1v) is 8.68. The van der Waals surface area contributed by atoms with Crippen molar-refractivity contribution < 1.29 is 19.5 Å². The second-order valence-electron chi connectivity index (χ2n) is 5.13. The molecule has 0 aliphatic carbocycles. The molecule has 2 unspecified atom stereocenters. The Morgan fingerprint density at radius 3 is 2.39 bits per heavy atom. The van der Waals surface area contributed by atoms with Gasteiger partial charge in [-0.05, 0) is 30.9 Å². The fourth-order valence-electron chi connectivity index (χ4n) is 1.91. The monoisotopic (exact) mass is 338 g/mol. The molecule has 7 heteroatoms. The van der Waals surface area contributed by atoms with E-state index >= 15 is 0 Å². The molecule has 0 radical (unpaired) electrons. The number of hydrogen-bond acceptors (Lipinski definition) is 4. The summed E-state index contributed by atoms with van der Waals surface area (Å²) in [5, 5.41) is 13.9. The van der Waals surface area contributed by atoms with E-state index in [1.165, 1.54) is 6.92 Å². The van der Waals surface area contributed by atoms with Crippen molar-refractivity contribution in [2.45, 2.75) is 31.8 Å². The number of aliphatic carboxylic acids is 1. The molecule has 1 rings (SSSR count). The maximum atomic E-state index is 12.2. The van der Waals surface area contributed by atoms with Gasteiger partial charge >= 0.3 is 5.97 Å². The molecule has 0 fully saturated rings. The Bertz CT molecular complexity index is 536. The number of hydrogen-bond donors (Lipinski definition) is 3. The third kappa shape index (κ3) is 7.19. The summed E-state index contributed by atoms with van der Waals surface area (Å²) in [7, 11) is 0. The third-order valence-corrected chi connectivity index (χ3v) is 3.84. The van der Waals surface area contributed by atoms with Gasteiger partial charge in [0.15, 0.2) is 0 Å². The molecule has 3 N–H and O–H groups in total. The number of benzene rings is 1. The average Bonchev–Trinajstić information content (AvgIpc) is 2.52. The maximum absolute atomic E-state index is 12.2. The zero-order valence-corrected chi connectivity index (χ0v) is 14.1. The lowest BCUT2D eigenvalue weighted by molar-refractivity contribution is -0.141. The minimum atomic E-state index is -1.11. The van der Waals surface area contributed by atoms with Gasteiger partial charge in [0.2, 0.25) is 11.8 Å². The van der Waals surface area contributed by atoms with E-state index in [4.69, 9.17) is 5.11 Å². The Hall–Kier alpha value is -2.02. The molecule has 126 valence electrons. The smallest absolute Gasteiger partial charge is 0.325 e. The number of nitrogens with one attached hydrogen (secondary N) is 2. The van der Waals surface area contributed by atoms with Crippen LogP contribution in [-0.4, -0.2) is 47.0 Å². The molecule has 1 aromatic rings. The van der Waals surface area contributed by atoms with Crippen molar-refractivity contribution in [2.75, 3.05) is 12.0 Å². The summed E-state index contributed by atoms with van der Waals surface area (Å²) in [6, 6.07) is 7.49. The lowest BCUT2D eigenvalue weighted by Gasteiger charge is -2.19. The van der Waals surface area contributed by atoms with E-state index in [2.05, 4.69) is 10.6 Å². The van der Waals surface area contributed by atoms with Crippen LogP contribution in [-0.2, 0) is 20.8 Å². The van der Waals surface area contributed by atoms with E-state index in [0.29, 0.717) is 12.2 Å². The number of rotatable bonds is 9. The first-order valence-electron chi connectivity index (χ1n) is 7.29. The molecule has 0 aliphatic heterocycles. The number of amides is 2. The zero-order valence-electron chi connectivity index (χ0n) is 13.2. The molecule has 0 aliphatic rings. The van der Waals surface area contributed by atoms with Gasteiger partial charge < -0.3 is 15.7 Å². The summed E-state index contributed by atoms with van der Waals surface area (Å²) in [5.74, 6) is -1.17. The zero-order chi connectivity index (χ0) is 17.2. The van der Waals surface area contributed by atoms with Crippen LogP contribution in [0.4, 0.5) is 0 Å². The van der Waals surface area contributed by atoms with Gasteiger partial charge in [-0.2, -0.15) is 11.8 Å². The van der Waals surface area contributed by atoms with E-state index in [1.807, 2.05) is 36.6 Å². The molecule has 6 nitrogen and oxygen atoms in total. The Labute approximate surface area is 140 Å². The average molecular weight is 338 g/mol. The van der Waals surface area contributed by atoms with Crippen LogP contribution < -0.4 is 10.6 Å². The topological polar surface area (TPSA) is 95.5 Å². The quantitative estimate of drug-likeness (QED) is 0.626. The summed E-state index contributed by atoms with van der Waals surface area (Å²) in [5.41, 5.74) is 0.855.